The number of rotatable bonds is 6. The van der Waals surface area contributed by atoms with Crippen LogP contribution in [0.15, 0.2) is 0 Å². The predicted molar refractivity (Wildman–Crippen MR) is 44.0 cm³/mol. The van der Waals surface area contributed by atoms with E-state index >= 15 is 0 Å². The first-order valence-corrected chi connectivity index (χ1v) is 3.87. The third-order valence-corrected chi connectivity index (χ3v) is 1.59. The average Bonchev–Trinajstić information content (AvgIpc) is 2.14. The Kier molecular flexibility index (Phi) is 5.76. The van der Waals surface area contributed by atoms with Gasteiger partial charge in [-0.3, -0.25) is 4.79 Å². The second-order valence-electron chi connectivity index (χ2n) is 2.68. The number of hydrogen-bond donors (Lipinski definition) is 5. The van der Waals surface area contributed by atoms with Gasteiger partial charge >= 0.3 is 0 Å². The minimum absolute atomic E-state index is 0.101. The molecule has 0 aliphatic carbocycles. The molecule has 0 rings (SSSR count). The molecule has 6 heteroatoms. The van der Waals surface area contributed by atoms with Crippen molar-refractivity contribution in [2.24, 2.45) is 0 Å². The summed E-state index contributed by atoms with van der Waals surface area (Å²) >= 11 is 0. The highest BCUT2D eigenvalue weighted by Gasteiger charge is 2.28. The van der Waals surface area contributed by atoms with Crippen molar-refractivity contribution in [3.05, 3.63) is 0 Å². The first-order valence-electron chi connectivity index (χ1n) is 3.87. The smallest absolute Gasteiger partial charge is 0.177 e. The number of carbonyl (C=O) groups excluding carboxylic acids is 1. The number of hydrogen-bond acceptors (Lipinski definition) is 6. The third-order valence-electron chi connectivity index (χ3n) is 1.59. The van der Waals surface area contributed by atoms with Crippen LogP contribution in [0.2, 0.25) is 0 Å². The minimum atomic E-state index is -1.67. The maximum atomic E-state index is 10.9. The van der Waals surface area contributed by atoms with Crippen LogP contribution in [0.1, 0.15) is 0 Å². The van der Waals surface area contributed by atoms with Crippen molar-refractivity contribution in [2.75, 3.05) is 20.2 Å². The Bertz CT molecular complexity index is 163. The van der Waals surface area contributed by atoms with Crippen LogP contribution >= 0.6 is 0 Å². The second kappa shape index (κ2) is 6.01. The quantitative estimate of drug-likeness (QED) is 0.305. The van der Waals surface area contributed by atoms with Gasteiger partial charge in [0.25, 0.3) is 0 Å². The van der Waals surface area contributed by atoms with E-state index in [2.05, 4.69) is 5.32 Å². The zero-order valence-corrected chi connectivity index (χ0v) is 7.34. The molecule has 0 spiro atoms. The fourth-order valence-electron chi connectivity index (χ4n) is 0.788. The van der Waals surface area contributed by atoms with E-state index in [1.54, 1.807) is 0 Å². The van der Waals surface area contributed by atoms with Gasteiger partial charge in [0.05, 0.1) is 13.2 Å². The second-order valence-corrected chi connectivity index (χ2v) is 2.68. The largest absolute Gasteiger partial charge is 0.394 e. The molecule has 0 bridgehead atoms. The van der Waals surface area contributed by atoms with Crippen molar-refractivity contribution in [1.29, 1.82) is 0 Å². The molecule has 0 saturated heterocycles. The van der Waals surface area contributed by atoms with Crippen LogP contribution in [0.5, 0.6) is 0 Å². The van der Waals surface area contributed by atoms with Gasteiger partial charge in [-0.2, -0.15) is 0 Å². The molecule has 0 amide bonds. The number of Topliss-reactive ketones (excluding diaryl/α,β-unsaturated/α-hetero) is 1. The maximum absolute atomic E-state index is 10.9. The molecule has 78 valence electrons. The van der Waals surface area contributed by atoms with E-state index < -0.39 is 30.7 Å². The summed E-state index contributed by atoms with van der Waals surface area (Å²) < 4.78 is 0. The van der Waals surface area contributed by atoms with Gasteiger partial charge in [0, 0.05) is 0 Å². The molecular formula is C7H15NO5. The number of carbonyl (C=O) groups is 1. The van der Waals surface area contributed by atoms with E-state index in [4.69, 9.17) is 20.4 Å². The van der Waals surface area contributed by atoms with Crippen molar-refractivity contribution >= 4 is 5.78 Å². The van der Waals surface area contributed by atoms with Crippen LogP contribution in [0, 0.1) is 0 Å². The van der Waals surface area contributed by atoms with Crippen LogP contribution in [0.3, 0.4) is 0 Å². The predicted octanol–water partition coefficient (Wildman–Crippen LogP) is -3.15. The van der Waals surface area contributed by atoms with Gasteiger partial charge in [-0.05, 0) is 7.05 Å². The van der Waals surface area contributed by atoms with Gasteiger partial charge < -0.3 is 25.7 Å². The Morgan fingerprint density at radius 1 is 1.38 bits per heavy atom. The topological polar surface area (TPSA) is 110 Å². The number of nitrogens with one attached hydrogen (secondary N) is 1. The van der Waals surface area contributed by atoms with E-state index in [-0.39, 0.29) is 6.54 Å². The molecule has 3 atom stereocenters. The zero-order chi connectivity index (χ0) is 10.4. The summed E-state index contributed by atoms with van der Waals surface area (Å²) in [5.41, 5.74) is 0. The Morgan fingerprint density at radius 2 is 1.92 bits per heavy atom. The lowest BCUT2D eigenvalue weighted by Crippen LogP contribution is -2.46. The maximum Gasteiger partial charge on any atom is 0.177 e. The Hall–Kier alpha value is -0.530. The van der Waals surface area contributed by atoms with Gasteiger partial charge in [-0.15, -0.1) is 0 Å². The third kappa shape index (κ3) is 3.79. The van der Waals surface area contributed by atoms with Gasteiger partial charge in [-0.25, -0.2) is 0 Å². The molecule has 6 nitrogen and oxygen atoms in total. The van der Waals surface area contributed by atoms with Gasteiger partial charge in [0.15, 0.2) is 5.78 Å². The standard InChI is InChI=1S/C7H15NO5/c1-8-2-4(10)6(12)7(13)5(11)3-9/h5-9,11-13H,2-3H2,1H3. The summed E-state index contributed by atoms with van der Waals surface area (Å²) in [7, 11) is 1.51. The summed E-state index contributed by atoms with van der Waals surface area (Å²) in [6, 6.07) is 0. The van der Waals surface area contributed by atoms with E-state index in [0.717, 1.165) is 0 Å². The van der Waals surface area contributed by atoms with Gasteiger partial charge in [-0.1, -0.05) is 0 Å². The number of aliphatic hydroxyl groups is 4. The number of likely N-dealkylation sites (N-methyl/N-ethyl adjacent to an activating group) is 1. The lowest BCUT2D eigenvalue weighted by atomic mass is 10.0. The molecule has 0 aromatic carbocycles. The van der Waals surface area contributed by atoms with Gasteiger partial charge in [0.1, 0.15) is 18.3 Å². The molecule has 0 aliphatic rings. The minimum Gasteiger partial charge on any atom is -0.394 e. The molecule has 0 aliphatic heterocycles. The molecule has 13 heavy (non-hydrogen) atoms. The van der Waals surface area contributed by atoms with E-state index in [0.29, 0.717) is 0 Å². The van der Waals surface area contributed by atoms with Crippen LogP contribution in [-0.4, -0.2) is 64.7 Å². The molecule has 5 N–H and O–H groups in total. The van der Waals surface area contributed by atoms with Crippen molar-refractivity contribution < 1.29 is 25.2 Å². The van der Waals surface area contributed by atoms with Crippen molar-refractivity contribution in [2.45, 2.75) is 18.3 Å². The van der Waals surface area contributed by atoms with Crippen LogP contribution in [0.25, 0.3) is 0 Å². The van der Waals surface area contributed by atoms with Crippen molar-refractivity contribution in [3.63, 3.8) is 0 Å². The normalized spacial score (nSPS) is 17.9. The summed E-state index contributed by atoms with van der Waals surface area (Å²) in [6.07, 6.45) is -4.82. The van der Waals surface area contributed by atoms with Crippen LogP contribution in [-0.2, 0) is 4.79 Å². The SMILES string of the molecule is CNCC(=O)C(O)C(O)C(O)CO. The van der Waals surface area contributed by atoms with E-state index in [1.807, 2.05) is 0 Å². The van der Waals surface area contributed by atoms with Crippen LogP contribution < -0.4 is 5.32 Å². The van der Waals surface area contributed by atoms with Crippen molar-refractivity contribution in [1.82, 2.24) is 5.32 Å². The monoisotopic (exact) mass is 193 g/mol. The zero-order valence-electron chi connectivity index (χ0n) is 7.34. The highest BCUT2D eigenvalue weighted by molar-refractivity contribution is 5.85. The first kappa shape index (κ1) is 12.5. The van der Waals surface area contributed by atoms with E-state index in [9.17, 15) is 4.79 Å². The Balaban J connectivity index is 4.07. The highest BCUT2D eigenvalue weighted by atomic mass is 16.4. The number of aliphatic hydroxyl groups excluding tert-OH is 4. The lowest BCUT2D eigenvalue weighted by Gasteiger charge is -2.20. The molecule has 0 radical (unpaired) electrons. The van der Waals surface area contributed by atoms with Gasteiger partial charge in [0.2, 0.25) is 0 Å². The molecule has 0 heterocycles. The molecule has 0 saturated carbocycles. The summed E-state index contributed by atoms with van der Waals surface area (Å²) in [6.45, 7) is -0.804. The summed E-state index contributed by atoms with van der Waals surface area (Å²) in [5.74, 6) is -0.637. The molecule has 3 unspecified atom stereocenters. The molecular weight excluding hydrogens is 178 g/mol. The fourth-order valence-corrected chi connectivity index (χ4v) is 0.788. The Labute approximate surface area is 75.8 Å². The lowest BCUT2D eigenvalue weighted by molar-refractivity contribution is -0.139. The molecule has 0 aromatic rings. The van der Waals surface area contributed by atoms with Crippen LogP contribution in [0.4, 0.5) is 0 Å². The van der Waals surface area contributed by atoms with E-state index in [1.165, 1.54) is 7.05 Å². The number of ketones is 1. The van der Waals surface area contributed by atoms with Crippen molar-refractivity contribution in [3.8, 4) is 0 Å². The fraction of sp³-hybridized carbons (Fsp3) is 0.857. The average molecular weight is 193 g/mol. The summed E-state index contributed by atoms with van der Waals surface area (Å²) in [4.78, 5) is 10.9. The summed E-state index contributed by atoms with van der Waals surface area (Å²) in [5, 5.41) is 38.0. The molecule has 0 fully saturated rings. The molecule has 0 aromatic heterocycles. The Morgan fingerprint density at radius 3 is 2.31 bits per heavy atom. The highest BCUT2D eigenvalue weighted by Crippen LogP contribution is 2.00. The first-order chi connectivity index (χ1) is 6.04.